The second-order valence-electron chi connectivity index (χ2n) is 10.0. The largest absolute Gasteiger partial charge is 0.381 e. The molecule has 0 spiro atoms. The molecule has 1 amide bonds. The lowest BCUT2D eigenvalue weighted by Gasteiger charge is -2.35. The third kappa shape index (κ3) is 4.93. The molecule has 11 heteroatoms. The average Bonchev–Trinajstić information content (AvgIpc) is 3.31. The van der Waals surface area contributed by atoms with Crippen LogP contribution in [0.5, 0.6) is 0 Å². The zero-order valence-corrected chi connectivity index (χ0v) is 21.8. The summed E-state index contributed by atoms with van der Waals surface area (Å²) in [5, 5.41) is 10.9. The Kier molecular flexibility index (Phi) is 7.16. The van der Waals surface area contributed by atoms with Crippen LogP contribution >= 0.6 is 0 Å². The highest BCUT2D eigenvalue weighted by Gasteiger charge is 2.33. The first-order valence-electron chi connectivity index (χ1n) is 12.8. The average molecular weight is 510 g/mol. The van der Waals surface area contributed by atoms with Crippen LogP contribution in [-0.2, 0) is 9.47 Å². The second-order valence-corrected chi connectivity index (χ2v) is 10.0. The first kappa shape index (κ1) is 25.2. The van der Waals surface area contributed by atoms with Gasteiger partial charge in [0.1, 0.15) is 5.69 Å². The Morgan fingerprint density at radius 3 is 2.54 bits per heavy atom. The van der Waals surface area contributed by atoms with E-state index >= 15 is 0 Å². The molecule has 11 nitrogen and oxygen atoms in total. The van der Waals surface area contributed by atoms with Gasteiger partial charge in [0.25, 0.3) is 11.5 Å². The second kappa shape index (κ2) is 10.5. The number of hydrogen-bond donors (Lipinski definition) is 2. The molecule has 3 heterocycles. The summed E-state index contributed by atoms with van der Waals surface area (Å²) >= 11 is 0. The summed E-state index contributed by atoms with van der Waals surface area (Å²) in [4.78, 5) is 32.8. The number of anilines is 3. The van der Waals surface area contributed by atoms with Crippen LogP contribution in [0, 0.1) is 0 Å². The van der Waals surface area contributed by atoms with Gasteiger partial charge in [0.15, 0.2) is 17.2 Å². The van der Waals surface area contributed by atoms with Gasteiger partial charge >= 0.3 is 0 Å². The number of nitrogens with zero attached hydrogens (tertiary/aromatic N) is 5. The van der Waals surface area contributed by atoms with Gasteiger partial charge in [-0.15, -0.1) is 5.10 Å². The lowest BCUT2D eigenvalue weighted by atomic mass is 9.89. The first-order chi connectivity index (χ1) is 17.9. The van der Waals surface area contributed by atoms with Crippen molar-refractivity contribution >= 4 is 28.7 Å². The van der Waals surface area contributed by atoms with Crippen LogP contribution in [0.4, 0.5) is 17.2 Å². The summed E-state index contributed by atoms with van der Waals surface area (Å²) in [5.41, 5.74) is 1.97. The monoisotopic (exact) mass is 509 g/mol. The van der Waals surface area contributed by atoms with Gasteiger partial charge in [-0.05, 0) is 50.7 Å². The van der Waals surface area contributed by atoms with Crippen molar-refractivity contribution in [3.8, 4) is 0 Å². The predicted molar refractivity (Wildman–Crippen MR) is 141 cm³/mol. The Morgan fingerprint density at radius 2 is 1.89 bits per heavy atom. The van der Waals surface area contributed by atoms with Gasteiger partial charge < -0.3 is 29.6 Å². The quantitative estimate of drug-likeness (QED) is 0.476. The zero-order valence-electron chi connectivity index (χ0n) is 21.8. The molecule has 198 valence electrons. The van der Waals surface area contributed by atoms with Crippen LogP contribution < -0.4 is 21.1 Å². The van der Waals surface area contributed by atoms with Crippen molar-refractivity contribution in [3.63, 3.8) is 0 Å². The van der Waals surface area contributed by atoms with Crippen molar-refractivity contribution in [1.29, 1.82) is 0 Å². The standard InChI is InChI=1S/C26H35N7O4/c1-31(2)20-14-23(28-19-6-5-13-32(26(19)35)16-7-9-17(36-3)10-8-16)30-33-21(15-27-24(20)33)25(34)29-18-11-12-22(18)37-4/h5-6,13-18,22H,7-12H2,1-4H3,(H,28,30)(H,29,34)/t16?,17?,18-,22-/m0/s1. The van der Waals surface area contributed by atoms with Crippen molar-refractivity contribution in [2.75, 3.05) is 38.5 Å². The molecule has 2 N–H and O–H groups in total. The van der Waals surface area contributed by atoms with E-state index in [1.807, 2.05) is 37.3 Å². The van der Waals surface area contributed by atoms with Gasteiger partial charge in [0.05, 0.1) is 30.1 Å². The molecule has 2 fully saturated rings. The summed E-state index contributed by atoms with van der Waals surface area (Å²) in [6.07, 6.45) is 9.13. The molecule has 3 aromatic rings. The number of pyridine rings is 1. The number of ether oxygens (including phenoxy) is 2. The topological polar surface area (TPSA) is 115 Å². The molecule has 2 saturated carbocycles. The summed E-state index contributed by atoms with van der Waals surface area (Å²) < 4.78 is 14.2. The van der Waals surface area contributed by atoms with Crippen molar-refractivity contribution in [3.05, 3.63) is 46.6 Å². The number of rotatable bonds is 8. The molecule has 2 aliphatic carbocycles. The molecule has 0 aromatic carbocycles. The minimum Gasteiger partial charge on any atom is -0.381 e. The van der Waals surface area contributed by atoms with Crippen molar-refractivity contribution in [2.45, 2.75) is 62.8 Å². The maximum Gasteiger partial charge on any atom is 0.274 e. The number of aromatic nitrogens is 4. The summed E-state index contributed by atoms with van der Waals surface area (Å²) in [7, 11) is 7.20. The summed E-state index contributed by atoms with van der Waals surface area (Å²) in [6, 6.07) is 5.57. The molecular formula is C26H35N7O4. The van der Waals surface area contributed by atoms with Gasteiger partial charge in [0.2, 0.25) is 0 Å². The molecule has 2 aliphatic rings. The maximum atomic E-state index is 13.4. The fourth-order valence-corrected chi connectivity index (χ4v) is 5.25. The van der Waals surface area contributed by atoms with Crippen LogP contribution in [0.15, 0.2) is 35.4 Å². The SMILES string of the molecule is COC1CCC(n2cccc(Nc3cc(N(C)C)c4ncc(C(=O)N[C@H]5CC[C@@H]5OC)n4n3)c2=O)CC1. The Labute approximate surface area is 215 Å². The molecule has 2 atom stereocenters. The van der Waals surface area contributed by atoms with Crippen molar-refractivity contribution in [1.82, 2.24) is 24.5 Å². The Hall–Kier alpha value is -3.44. The minimum atomic E-state index is -0.262. The fourth-order valence-electron chi connectivity index (χ4n) is 5.25. The molecule has 0 radical (unpaired) electrons. The van der Waals surface area contributed by atoms with Crippen LogP contribution in [0.2, 0.25) is 0 Å². The highest BCUT2D eigenvalue weighted by Crippen LogP contribution is 2.30. The van der Waals surface area contributed by atoms with Gasteiger partial charge in [0, 0.05) is 46.6 Å². The van der Waals surface area contributed by atoms with Gasteiger partial charge in [-0.1, -0.05) is 0 Å². The van der Waals surface area contributed by atoms with Gasteiger partial charge in [-0.25, -0.2) is 9.50 Å². The fraction of sp³-hybridized carbons (Fsp3) is 0.538. The summed E-state index contributed by atoms with van der Waals surface area (Å²) in [6.45, 7) is 0. The number of amides is 1. The van der Waals surface area contributed by atoms with E-state index in [0.717, 1.165) is 44.2 Å². The Bertz CT molecular complexity index is 1320. The van der Waals surface area contributed by atoms with Crippen LogP contribution in [0.1, 0.15) is 55.1 Å². The molecule has 3 aromatic heterocycles. The highest BCUT2D eigenvalue weighted by molar-refractivity contribution is 5.94. The Morgan fingerprint density at radius 1 is 1.11 bits per heavy atom. The van der Waals surface area contributed by atoms with Crippen LogP contribution in [0.3, 0.4) is 0 Å². The lowest BCUT2D eigenvalue weighted by molar-refractivity contribution is 0.00718. The molecule has 0 bridgehead atoms. The third-order valence-electron chi connectivity index (χ3n) is 7.60. The lowest BCUT2D eigenvalue weighted by Crippen LogP contribution is -2.51. The van der Waals surface area contributed by atoms with E-state index in [1.165, 1.54) is 10.7 Å². The van der Waals surface area contributed by atoms with E-state index in [2.05, 4.69) is 20.7 Å². The number of methoxy groups -OCH3 is 2. The molecule has 0 saturated heterocycles. The van der Waals surface area contributed by atoms with Crippen molar-refractivity contribution in [2.24, 2.45) is 0 Å². The van der Waals surface area contributed by atoms with E-state index in [1.54, 1.807) is 24.9 Å². The maximum absolute atomic E-state index is 13.4. The zero-order chi connectivity index (χ0) is 26.1. The van der Waals surface area contributed by atoms with Crippen molar-refractivity contribution < 1.29 is 14.3 Å². The normalized spacial score (nSPS) is 23.5. The number of hydrogen-bond acceptors (Lipinski definition) is 8. The van der Waals surface area contributed by atoms with Gasteiger partial charge in [-0.2, -0.15) is 0 Å². The van der Waals surface area contributed by atoms with E-state index in [9.17, 15) is 9.59 Å². The minimum absolute atomic E-state index is 0.0236. The highest BCUT2D eigenvalue weighted by atomic mass is 16.5. The van der Waals surface area contributed by atoms with E-state index in [4.69, 9.17) is 9.47 Å². The van der Waals surface area contributed by atoms with Gasteiger partial charge in [-0.3, -0.25) is 9.59 Å². The molecule has 0 aliphatic heterocycles. The molecule has 0 unspecified atom stereocenters. The van der Waals surface area contributed by atoms with E-state index < -0.39 is 0 Å². The smallest absolute Gasteiger partial charge is 0.274 e. The number of carbonyl (C=O) groups is 1. The number of imidazole rings is 1. The van der Waals surface area contributed by atoms with E-state index in [-0.39, 0.29) is 35.8 Å². The molecule has 5 rings (SSSR count). The van der Waals surface area contributed by atoms with Crippen LogP contribution in [0.25, 0.3) is 5.65 Å². The van der Waals surface area contributed by atoms with E-state index in [0.29, 0.717) is 22.8 Å². The molecular weight excluding hydrogens is 474 g/mol. The third-order valence-corrected chi connectivity index (χ3v) is 7.60. The van der Waals surface area contributed by atoms with Crippen LogP contribution in [-0.4, -0.2) is 71.6 Å². The number of carbonyl (C=O) groups excluding carboxylic acids is 1. The number of nitrogens with one attached hydrogen (secondary N) is 2. The predicted octanol–water partition coefficient (Wildman–Crippen LogP) is 2.74. The molecule has 37 heavy (non-hydrogen) atoms. The first-order valence-corrected chi connectivity index (χ1v) is 12.8. The Balaban J connectivity index is 1.44. The number of fused-ring (bicyclic) bond motifs is 1. The summed E-state index contributed by atoms with van der Waals surface area (Å²) in [5.74, 6) is 0.182.